The lowest BCUT2D eigenvalue weighted by Gasteiger charge is -2.43. The Morgan fingerprint density at radius 3 is 1.88 bits per heavy atom. The van der Waals surface area contributed by atoms with Gasteiger partial charge in [0, 0.05) is 27.7 Å². The first-order valence-corrected chi connectivity index (χ1v) is 9.71. The van der Waals surface area contributed by atoms with Crippen molar-refractivity contribution < 1.29 is 52.8 Å². The van der Waals surface area contributed by atoms with E-state index in [1.165, 1.54) is 24.3 Å². The number of hydrogen-bond donors (Lipinski definition) is 1. The molecule has 0 aromatic heterocycles. The Morgan fingerprint density at radius 1 is 0.879 bits per heavy atom. The van der Waals surface area contributed by atoms with Crippen LogP contribution >= 0.6 is 0 Å². The van der Waals surface area contributed by atoms with Crippen LogP contribution in [0.1, 0.15) is 27.7 Å². The van der Waals surface area contributed by atoms with Crippen LogP contribution < -0.4 is 9.96 Å². The number of rotatable bonds is 8. The van der Waals surface area contributed by atoms with E-state index in [9.17, 15) is 24.4 Å². The zero-order valence-corrected chi connectivity index (χ0v) is 18.3. The zero-order valence-electron chi connectivity index (χ0n) is 18.3. The molecular weight excluding hydrogens is 446 g/mol. The van der Waals surface area contributed by atoms with Gasteiger partial charge in [0.1, 0.15) is 18.5 Å². The predicted octanol–water partition coefficient (Wildman–Crippen LogP) is 0.842. The van der Waals surface area contributed by atoms with Gasteiger partial charge in [-0.25, -0.2) is 0 Å². The molecule has 0 bridgehead atoms. The lowest BCUT2D eigenvalue weighted by Crippen LogP contribution is -2.63. The molecule has 1 heterocycles. The summed E-state index contributed by atoms with van der Waals surface area (Å²) >= 11 is 0. The van der Waals surface area contributed by atoms with Gasteiger partial charge in [0.25, 0.3) is 0 Å². The predicted molar refractivity (Wildman–Crippen MR) is 107 cm³/mol. The number of nitrogens with zero attached hydrogens (tertiary/aromatic N) is 1. The highest BCUT2D eigenvalue weighted by Gasteiger charge is 2.53. The molecule has 0 aliphatic carbocycles. The molecule has 0 saturated carbocycles. The van der Waals surface area contributed by atoms with Crippen LogP contribution in [0.5, 0.6) is 5.75 Å². The van der Waals surface area contributed by atoms with Gasteiger partial charge in [-0.1, -0.05) is 0 Å². The van der Waals surface area contributed by atoms with Crippen LogP contribution in [0, 0.1) is 5.21 Å². The first-order chi connectivity index (χ1) is 15.5. The van der Waals surface area contributed by atoms with Crippen molar-refractivity contribution in [3.63, 3.8) is 0 Å². The molecule has 13 nitrogen and oxygen atoms in total. The molecule has 0 radical (unpaired) electrons. The monoisotopic (exact) mass is 470 g/mol. The number of hydrogen-bond acceptors (Lipinski definition) is 13. The standard InChI is InChI=1S/C20H24NO12/c1-10(22)28-9-16-17(29-11(2)23)18(30-12(3)24)19(31-13(4)25)20(33-16)32-15-7-5-14(6-8-15)21(26)27/h5-8,16-20,26H,9H2,1-4H3/q-1/t16-,17-,18+,19-,20+/m1/s1. The molecule has 1 aliphatic heterocycles. The van der Waals surface area contributed by atoms with Gasteiger partial charge in [-0.15, -0.1) is 0 Å². The van der Waals surface area contributed by atoms with Crippen LogP contribution in [0.3, 0.4) is 0 Å². The smallest absolute Gasteiger partial charge is 0.303 e. The molecule has 1 fully saturated rings. The number of ether oxygens (including phenoxy) is 6. The number of carbonyl (C=O) groups is 4. The van der Waals surface area contributed by atoms with Crippen LogP contribution in [-0.2, 0) is 42.9 Å². The highest BCUT2D eigenvalue weighted by atomic mass is 16.8. The van der Waals surface area contributed by atoms with Crippen molar-refractivity contribution in [2.75, 3.05) is 11.8 Å². The molecule has 0 amide bonds. The molecular formula is C20H24NO12-. The summed E-state index contributed by atoms with van der Waals surface area (Å²) in [4.78, 5) is 46.6. The quantitative estimate of drug-likeness (QED) is 0.322. The van der Waals surface area contributed by atoms with Gasteiger partial charge in [0.05, 0.1) is 5.69 Å². The third kappa shape index (κ3) is 7.59. The summed E-state index contributed by atoms with van der Waals surface area (Å²) in [5.74, 6) is -2.82. The molecule has 1 aromatic rings. The van der Waals surface area contributed by atoms with E-state index in [1.807, 2.05) is 0 Å². The highest BCUT2D eigenvalue weighted by molar-refractivity contribution is 5.68. The molecule has 0 spiro atoms. The molecule has 0 unspecified atom stereocenters. The van der Waals surface area contributed by atoms with E-state index in [0.717, 1.165) is 27.7 Å². The van der Waals surface area contributed by atoms with Crippen LogP contribution in [0.15, 0.2) is 24.3 Å². The molecule has 2 rings (SSSR count). The third-order valence-corrected chi connectivity index (χ3v) is 4.26. The second kappa shape index (κ2) is 11.4. The first kappa shape index (κ1) is 25.8. The molecule has 182 valence electrons. The van der Waals surface area contributed by atoms with E-state index < -0.39 is 61.2 Å². The molecule has 1 N–H and O–H groups in total. The van der Waals surface area contributed by atoms with E-state index >= 15 is 0 Å². The van der Waals surface area contributed by atoms with E-state index in [1.54, 1.807) is 0 Å². The highest BCUT2D eigenvalue weighted by Crippen LogP contribution is 2.31. The summed E-state index contributed by atoms with van der Waals surface area (Å²) in [5, 5.41) is 19.6. The summed E-state index contributed by atoms with van der Waals surface area (Å²) in [6, 6.07) is 5.14. The Labute approximate surface area is 188 Å². The summed E-state index contributed by atoms with van der Waals surface area (Å²) < 4.78 is 32.3. The Morgan fingerprint density at radius 2 is 1.39 bits per heavy atom. The second-order valence-electron chi connectivity index (χ2n) is 6.95. The lowest BCUT2D eigenvalue weighted by atomic mass is 9.98. The maximum atomic E-state index is 11.8. The summed E-state index contributed by atoms with van der Waals surface area (Å²) in [7, 11) is 0. The van der Waals surface area contributed by atoms with Gasteiger partial charge in [-0.2, -0.15) is 0 Å². The van der Waals surface area contributed by atoms with Crippen molar-refractivity contribution >= 4 is 29.6 Å². The number of benzene rings is 1. The Kier molecular flexibility index (Phi) is 8.96. The van der Waals surface area contributed by atoms with Crippen LogP contribution in [0.4, 0.5) is 5.69 Å². The van der Waals surface area contributed by atoms with Gasteiger partial charge in [0.2, 0.25) is 12.4 Å². The van der Waals surface area contributed by atoms with Crippen molar-refractivity contribution in [3.05, 3.63) is 29.5 Å². The molecule has 1 aromatic carbocycles. The largest absolute Gasteiger partial charge is 0.733 e. The van der Waals surface area contributed by atoms with E-state index in [4.69, 9.17) is 33.6 Å². The lowest BCUT2D eigenvalue weighted by molar-refractivity contribution is -0.288. The molecule has 1 aliphatic rings. The van der Waals surface area contributed by atoms with Crippen LogP contribution in [0.25, 0.3) is 0 Å². The molecule has 5 atom stereocenters. The number of esters is 4. The maximum Gasteiger partial charge on any atom is 0.303 e. The molecule has 13 heteroatoms. The normalized spacial score (nSPS) is 24.2. The minimum atomic E-state index is -1.41. The molecule has 33 heavy (non-hydrogen) atoms. The van der Waals surface area contributed by atoms with Crippen molar-refractivity contribution in [1.29, 1.82) is 0 Å². The summed E-state index contributed by atoms with van der Waals surface area (Å²) in [6.07, 6.45) is -6.64. The average molecular weight is 470 g/mol. The summed E-state index contributed by atoms with van der Waals surface area (Å²) in [5.41, 5.74) is -0.0797. The third-order valence-electron chi connectivity index (χ3n) is 4.26. The summed E-state index contributed by atoms with van der Waals surface area (Å²) in [6.45, 7) is 4.08. The van der Waals surface area contributed by atoms with E-state index in [-0.39, 0.29) is 16.7 Å². The average Bonchev–Trinajstić information content (AvgIpc) is 2.70. The van der Waals surface area contributed by atoms with Crippen molar-refractivity contribution in [2.45, 2.75) is 58.4 Å². The first-order valence-electron chi connectivity index (χ1n) is 9.71. The fourth-order valence-corrected chi connectivity index (χ4v) is 3.07. The second-order valence-corrected chi connectivity index (χ2v) is 6.95. The SMILES string of the molecule is CC(=O)OC[C@H]1O[C@H](Oc2ccc(N([O-])O)cc2)[C@H](OC(C)=O)[C@@H](OC(C)=O)[C@@H]1OC(C)=O. The Hall–Kier alpha value is -3.42. The van der Waals surface area contributed by atoms with Crippen molar-refractivity contribution in [1.82, 2.24) is 0 Å². The maximum absolute atomic E-state index is 11.8. The fourth-order valence-electron chi connectivity index (χ4n) is 3.07. The number of carbonyl (C=O) groups excluding carboxylic acids is 4. The topological polar surface area (TPSA) is 170 Å². The minimum Gasteiger partial charge on any atom is -0.733 e. The van der Waals surface area contributed by atoms with Gasteiger partial charge >= 0.3 is 23.9 Å². The van der Waals surface area contributed by atoms with Crippen molar-refractivity contribution in [2.24, 2.45) is 0 Å². The zero-order chi connectivity index (χ0) is 24.7. The number of anilines is 1. The van der Waals surface area contributed by atoms with Crippen molar-refractivity contribution in [3.8, 4) is 5.75 Å². The molecule has 1 saturated heterocycles. The van der Waals surface area contributed by atoms with Gasteiger partial charge in [-0.05, 0) is 24.3 Å². The Balaban J connectivity index is 2.42. The van der Waals surface area contributed by atoms with Gasteiger partial charge < -0.3 is 38.9 Å². The van der Waals surface area contributed by atoms with E-state index in [0.29, 0.717) is 0 Å². The minimum absolute atomic E-state index is 0.0797. The van der Waals surface area contributed by atoms with Crippen LogP contribution in [-0.4, -0.2) is 66.4 Å². The van der Waals surface area contributed by atoms with Gasteiger partial charge in [0.15, 0.2) is 12.2 Å². The Bertz CT molecular complexity index is 855. The van der Waals surface area contributed by atoms with Gasteiger partial charge in [-0.3, -0.25) is 24.4 Å². The fraction of sp³-hybridized carbons (Fsp3) is 0.500. The van der Waals surface area contributed by atoms with E-state index in [2.05, 4.69) is 0 Å². The van der Waals surface area contributed by atoms with Crippen LogP contribution in [0.2, 0.25) is 0 Å².